The van der Waals surface area contributed by atoms with Crippen LogP contribution in [0.4, 0.5) is 5.69 Å². The van der Waals surface area contributed by atoms with E-state index in [2.05, 4.69) is 47.2 Å². The molecule has 2 aliphatic heterocycles. The first-order chi connectivity index (χ1) is 8.78. The lowest BCUT2D eigenvalue weighted by Crippen LogP contribution is -2.55. The Bertz CT molecular complexity index is 421. The molecule has 2 nitrogen and oxygen atoms in total. The molecule has 2 unspecified atom stereocenters. The molecular weight excluding hydrogens is 240 g/mol. The fraction of sp³-hybridized carbons (Fsp3) is 0.600. The van der Waals surface area contributed by atoms with E-state index in [0.29, 0.717) is 6.04 Å². The molecule has 2 fully saturated rings. The molecule has 2 atom stereocenters. The molecule has 0 spiro atoms. The minimum absolute atomic E-state index is 0.636. The van der Waals surface area contributed by atoms with E-state index in [-0.39, 0.29) is 0 Å². The summed E-state index contributed by atoms with van der Waals surface area (Å²) in [6.07, 6.45) is 4.92. The maximum absolute atomic E-state index is 2.68. The van der Waals surface area contributed by atoms with Gasteiger partial charge in [-0.3, -0.25) is 4.90 Å². The number of hydrogen-bond acceptors (Lipinski definition) is 3. The Morgan fingerprint density at radius 2 is 2.17 bits per heavy atom. The predicted octanol–water partition coefficient (Wildman–Crippen LogP) is 3.08. The highest BCUT2D eigenvalue weighted by atomic mass is 32.2. The number of benzene rings is 1. The Hall–Kier alpha value is -0.670. The summed E-state index contributed by atoms with van der Waals surface area (Å²) in [5, 5.41) is 0. The van der Waals surface area contributed by atoms with Crippen molar-refractivity contribution in [2.75, 3.05) is 30.8 Å². The van der Waals surface area contributed by atoms with Crippen LogP contribution >= 0.6 is 11.8 Å². The Morgan fingerprint density at radius 3 is 3.00 bits per heavy atom. The molecule has 2 heterocycles. The number of thioether (sulfide) groups is 1. The first-order valence-corrected chi connectivity index (χ1v) is 8.15. The monoisotopic (exact) mass is 262 g/mol. The normalized spacial score (nSPS) is 28.4. The molecule has 0 aromatic heterocycles. The second-order valence-corrected chi connectivity index (χ2v) is 6.37. The zero-order chi connectivity index (χ0) is 12.5. The van der Waals surface area contributed by atoms with Crippen LogP contribution in [0.5, 0.6) is 0 Å². The average molecular weight is 262 g/mol. The van der Waals surface area contributed by atoms with Gasteiger partial charge in [0.15, 0.2) is 0 Å². The third kappa shape index (κ3) is 2.26. The second-order valence-electron chi connectivity index (χ2n) is 5.49. The van der Waals surface area contributed by atoms with Crippen molar-refractivity contribution in [3.63, 3.8) is 0 Å². The van der Waals surface area contributed by atoms with Gasteiger partial charge in [0.05, 0.1) is 0 Å². The van der Waals surface area contributed by atoms with Crippen LogP contribution in [0.2, 0.25) is 0 Å². The van der Waals surface area contributed by atoms with Gasteiger partial charge in [0.2, 0.25) is 0 Å². The minimum atomic E-state index is 0.636. The van der Waals surface area contributed by atoms with E-state index in [4.69, 9.17) is 0 Å². The summed E-state index contributed by atoms with van der Waals surface area (Å²) in [6, 6.07) is 10.4. The molecule has 0 aliphatic carbocycles. The Balaban J connectivity index is 1.81. The van der Waals surface area contributed by atoms with E-state index in [1.807, 2.05) is 11.8 Å². The van der Waals surface area contributed by atoms with E-state index in [0.717, 1.165) is 6.04 Å². The molecule has 2 saturated heterocycles. The van der Waals surface area contributed by atoms with Gasteiger partial charge < -0.3 is 4.90 Å². The van der Waals surface area contributed by atoms with Gasteiger partial charge in [-0.05, 0) is 50.8 Å². The van der Waals surface area contributed by atoms with Crippen LogP contribution in [0, 0.1) is 0 Å². The zero-order valence-electron chi connectivity index (χ0n) is 11.3. The van der Waals surface area contributed by atoms with E-state index < -0.39 is 0 Å². The largest absolute Gasteiger partial charge is 0.366 e. The summed E-state index contributed by atoms with van der Waals surface area (Å²) in [5.41, 5.74) is 1.40. The van der Waals surface area contributed by atoms with Crippen molar-refractivity contribution in [1.29, 1.82) is 0 Å². The van der Waals surface area contributed by atoms with Crippen LogP contribution in [-0.4, -0.2) is 42.9 Å². The third-order valence-corrected chi connectivity index (χ3v) is 5.05. The summed E-state index contributed by atoms with van der Waals surface area (Å²) in [5.74, 6) is 0. The number of nitrogens with zero attached hydrogens (tertiary/aromatic N) is 2. The van der Waals surface area contributed by atoms with Crippen molar-refractivity contribution in [3.05, 3.63) is 24.3 Å². The van der Waals surface area contributed by atoms with Crippen molar-refractivity contribution >= 4 is 17.4 Å². The summed E-state index contributed by atoms with van der Waals surface area (Å²) >= 11 is 1.83. The van der Waals surface area contributed by atoms with E-state index in [9.17, 15) is 0 Å². The lowest BCUT2D eigenvalue weighted by molar-refractivity contribution is 0.203. The topological polar surface area (TPSA) is 6.48 Å². The van der Waals surface area contributed by atoms with Crippen LogP contribution < -0.4 is 4.90 Å². The maximum Gasteiger partial charge on any atom is 0.0389 e. The van der Waals surface area contributed by atoms with Crippen LogP contribution in [0.25, 0.3) is 0 Å². The average Bonchev–Trinajstić information content (AvgIpc) is 2.85. The highest BCUT2D eigenvalue weighted by molar-refractivity contribution is 7.98. The van der Waals surface area contributed by atoms with Crippen LogP contribution in [0.1, 0.15) is 19.8 Å². The molecule has 0 radical (unpaired) electrons. The smallest absolute Gasteiger partial charge is 0.0389 e. The highest BCUT2D eigenvalue weighted by Gasteiger charge is 2.34. The molecule has 1 aromatic carbocycles. The van der Waals surface area contributed by atoms with Gasteiger partial charge in [-0.25, -0.2) is 0 Å². The number of anilines is 1. The molecule has 98 valence electrons. The van der Waals surface area contributed by atoms with Crippen molar-refractivity contribution in [3.8, 4) is 0 Å². The summed E-state index contributed by atoms with van der Waals surface area (Å²) in [7, 11) is 0. The highest BCUT2D eigenvalue weighted by Crippen LogP contribution is 2.30. The van der Waals surface area contributed by atoms with E-state index >= 15 is 0 Å². The SMILES string of the molecule is CSc1cccc(N2CC3CCCN3CC2C)c1. The number of rotatable bonds is 2. The number of hydrogen-bond donors (Lipinski definition) is 0. The summed E-state index contributed by atoms with van der Waals surface area (Å²) < 4.78 is 0. The summed E-state index contributed by atoms with van der Waals surface area (Å²) in [4.78, 5) is 6.65. The third-order valence-electron chi connectivity index (χ3n) is 4.32. The van der Waals surface area contributed by atoms with Gasteiger partial charge in [0.25, 0.3) is 0 Å². The van der Waals surface area contributed by atoms with Gasteiger partial charge in [0.1, 0.15) is 0 Å². The summed E-state index contributed by atoms with van der Waals surface area (Å²) in [6.45, 7) is 6.11. The Morgan fingerprint density at radius 1 is 1.28 bits per heavy atom. The second kappa shape index (κ2) is 5.14. The van der Waals surface area contributed by atoms with Crippen LogP contribution in [0.3, 0.4) is 0 Å². The molecule has 0 saturated carbocycles. The molecule has 1 aromatic rings. The molecular formula is C15H22N2S. The van der Waals surface area contributed by atoms with Crippen molar-refractivity contribution < 1.29 is 0 Å². The molecule has 18 heavy (non-hydrogen) atoms. The molecule has 2 aliphatic rings. The van der Waals surface area contributed by atoms with Crippen molar-refractivity contribution in [2.45, 2.75) is 36.7 Å². The molecule has 3 heteroatoms. The Kier molecular flexibility index (Phi) is 3.53. The minimum Gasteiger partial charge on any atom is -0.366 e. The molecule has 0 N–H and O–H groups in total. The maximum atomic E-state index is 2.68. The van der Waals surface area contributed by atoms with Crippen molar-refractivity contribution in [2.24, 2.45) is 0 Å². The first kappa shape index (κ1) is 12.4. The number of piperazine rings is 1. The Labute approximate surface area is 114 Å². The van der Waals surface area contributed by atoms with Crippen LogP contribution in [-0.2, 0) is 0 Å². The van der Waals surface area contributed by atoms with E-state index in [1.165, 1.54) is 43.1 Å². The van der Waals surface area contributed by atoms with E-state index in [1.54, 1.807) is 0 Å². The molecule has 0 amide bonds. The standard InChI is InChI=1S/C15H22N2S/c1-12-10-16-8-4-6-14(16)11-17(12)13-5-3-7-15(9-13)18-2/h3,5,7,9,12,14H,4,6,8,10-11H2,1-2H3. The van der Waals surface area contributed by atoms with Gasteiger partial charge >= 0.3 is 0 Å². The lowest BCUT2D eigenvalue weighted by Gasteiger charge is -2.43. The van der Waals surface area contributed by atoms with Crippen LogP contribution in [0.15, 0.2) is 29.2 Å². The van der Waals surface area contributed by atoms with Gasteiger partial charge in [0, 0.05) is 35.8 Å². The lowest BCUT2D eigenvalue weighted by atomic mass is 10.1. The van der Waals surface area contributed by atoms with Gasteiger partial charge in [-0.2, -0.15) is 0 Å². The first-order valence-electron chi connectivity index (χ1n) is 6.92. The number of fused-ring (bicyclic) bond motifs is 1. The molecule has 0 bridgehead atoms. The van der Waals surface area contributed by atoms with Gasteiger partial charge in [-0.15, -0.1) is 11.8 Å². The van der Waals surface area contributed by atoms with Crippen molar-refractivity contribution in [1.82, 2.24) is 4.90 Å². The molecule has 3 rings (SSSR count). The fourth-order valence-corrected chi connectivity index (χ4v) is 3.79. The zero-order valence-corrected chi connectivity index (χ0v) is 12.1. The van der Waals surface area contributed by atoms with Gasteiger partial charge in [-0.1, -0.05) is 6.07 Å². The quantitative estimate of drug-likeness (QED) is 0.756. The predicted molar refractivity (Wildman–Crippen MR) is 79.6 cm³/mol. The fourth-order valence-electron chi connectivity index (χ4n) is 3.34.